The third kappa shape index (κ3) is 3.61. The summed E-state index contributed by atoms with van der Waals surface area (Å²) in [6.07, 6.45) is 4.31. The van der Waals surface area contributed by atoms with Crippen molar-refractivity contribution in [2.45, 2.75) is 13.3 Å². The van der Waals surface area contributed by atoms with E-state index in [0.717, 1.165) is 43.1 Å². The highest BCUT2D eigenvalue weighted by Crippen LogP contribution is 2.35. The fourth-order valence-corrected chi connectivity index (χ4v) is 5.52. The van der Waals surface area contributed by atoms with Gasteiger partial charge < -0.3 is 4.90 Å². The van der Waals surface area contributed by atoms with Crippen LogP contribution in [0.4, 0.5) is 5.69 Å². The van der Waals surface area contributed by atoms with Crippen LogP contribution in [0.1, 0.15) is 21.7 Å². The Balaban J connectivity index is 1.51. The van der Waals surface area contributed by atoms with Gasteiger partial charge in [0.2, 0.25) is 0 Å². The summed E-state index contributed by atoms with van der Waals surface area (Å²) >= 11 is 1.55. The first-order valence-corrected chi connectivity index (χ1v) is 13.5. The minimum atomic E-state index is -3.56. The molecule has 0 fully saturated rings. The van der Waals surface area contributed by atoms with Crippen molar-refractivity contribution in [1.82, 2.24) is 28.9 Å². The largest absolute Gasteiger partial charge is 0.304 e. The molecule has 0 saturated carbocycles. The number of fused-ring (bicyclic) bond motifs is 2. The van der Waals surface area contributed by atoms with Gasteiger partial charge in [0, 0.05) is 23.4 Å². The van der Waals surface area contributed by atoms with Crippen LogP contribution in [0.25, 0.3) is 27.3 Å². The summed E-state index contributed by atoms with van der Waals surface area (Å²) in [6.45, 7) is 2.27. The van der Waals surface area contributed by atoms with Gasteiger partial charge in [-0.2, -0.15) is 14.3 Å². The predicted octanol–water partition coefficient (Wildman–Crippen LogP) is 3.06. The quantitative estimate of drug-likeness (QED) is 0.369. The summed E-state index contributed by atoms with van der Waals surface area (Å²) in [6, 6.07) is 11.7. The Bertz CT molecular complexity index is 1730. The molecule has 0 bridgehead atoms. The van der Waals surface area contributed by atoms with E-state index in [1.165, 1.54) is 17.3 Å². The molecule has 0 saturated heterocycles. The smallest absolute Gasteiger partial charge is 0.279 e. The van der Waals surface area contributed by atoms with E-state index in [4.69, 9.17) is 5.10 Å². The number of aromatic nitrogens is 6. The Hall–Kier alpha value is -3.90. The van der Waals surface area contributed by atoms with Gasteiger partial charge in [0.25, 0.3) is 15.9 Å². The van der Waals surface area contributed by atoms with Crippen molar-refractivity contribution in [2.75, 3.05) is 17.7 Å². The lowest BCUT2D eigenvalue weighted by Gasteiger charge is -2.25. The lowest BCUT2D eigenvalue weighted by atomic mass is 9.99. The zero-order valence-electron chi connectivity index (χ0n) is 18.8. The van der Waals surface area contributed by atoms with Gasteiger partial charge >= 0.3 is 0 Å². The number of pyridine rings is 1. The Morgan fingerprint density at radius 1 is 1.14 bits per heavy atom. The van der Waals surface area contributed by atoms with E-state index < -0.39 is 10.0 Å². The maximum Gasteiger partial charge on any atom is 0.279 e. The van der Waals surface area contributed by atoms with E-state index >= 15 is 0 Å². The van der Waals surface area contributed by atoms with Crippen molar-refractivity contribution in [3.8, 4) is 17.1 Å². The predicted molar refractivity (Wildman–Crippen MR) is 133 cm³/mol. The number of nitrogens with zero attached hydrogens (tertiary/aromatic N) is 7. The number of benzene rings is 1. The maximum absolute atomic E-state index is 13.6. The molecule has 1 amide bonds. The lowest BCUT2D eigenvalue weighted by Crippen LogP contribution is -2.37. The van der Waals surface area contributed by atoms with E-state index in [2.05, 4.69) is 21.1 Å². The summed E-state index contributed by atoms with van der Waals surface area (Å²) < 4.78 is 27.3. The molecule has 1 aromatic carbocycles. The third-order valence-corrected chi connectivity index (χ3v) is 7.58. The maximum atomic E-state index is 13.6. The molecule has 176 valence electrons. The van der Waals surface area contributed by atoms with Crippen LogP contribution in [-0.4, -0.2) is 56.1 Å². The van der Waals surface area contributed by atoms with E-state index in [1.807, 2.05) is 37.3 Å². The summed E-state index contributed by atoms with van der Waals surface area (Å²) in [7, 11) is -3.56. The second-order valence-electron chi connectivity index (χ2n) is 8.30. The van der Waals surface area contributed by atoms with Crippen molar-refractivity contribution < 1.29 is 13.2 Å². The highest BCUT2D eigenvalue weighted by molar-refractivity contribution is 7.89. The van der Waals surface area contributed by atoms with E-state index in [0.29, 0.717) is 30.2 Å². The number of amides is 1. The fourth-order valence-electron chi connectivity index (χ4n) is 4.29. The van der Waals surface area contributed by atoms with Crippen molar-refractivity contribution in [3.05, 3.63) is 71.3 Å². The molecule has 5 heterocycles. The zero-order chi connectivity index (χ0) is 24.3. The second-order valence-corrected chi connectivity index (χ2v) is 11.0. The topological polar surface area (TPSA) is 116 Å². The van der Waals surface area contributed by atoms with E-state index in [9.17, 15) is 13.2 Å². The molecule has 0 N–H and O–H groups in total. The van der Waals surface area contributed by atoms with Crippen LogP contribution in [0.15, 0.2) is 54.3 Å². The Labute approximate surface area is 204 Å². The molecule has 35 heavy (non-hydrogen) atoms. The minimum Gasteiger partial charge on any atom is -0.304 e. The fraction of sp³-hybridized carbons (Fsp3) is 0.174. The van der Waals surface area contributed by atoms with Gasteiger partial charge in [-0.3, -0.25) is 4.79 Å². The van der Waals surface area contributed by atoms with Crippen LogP contribution in [0.5, 0.6) is 0 Å². The molecule has 0 aliphatic carbocycles. The SMILES string of the molecule is Cc1cccc(-n2nc3c(c2-c2ccc4ncsc4c2)CCN(c2cnn(S(C)(=O)=O)c2)C3=O)n1. The molecule has 4 aromatic heterocycles. The standard InChI is InChI=1S/C23H19N7O3S2/c1-14-4-3-5-20(26-14)30-22(15-6-7-18-19(10-15)34-13-24-18)17-8-9-28(23(31)21(17)27-30)16-11-25-29(12-16)35(2,32)33/h3-7,10-13H,8-9H2,1-2H3. The number of aryl methyl sites for hydroxylation is 1. The Morgan fingerprint density at radius 2 is 2.00 bits per heavy atom. The van der Waals surface area contributed by atoms with Gasteiger partial charge in [-0.15, -0.1) is 11.3 Å². The molecule has 0 spiro atoms. The Morgan fingerprint density at radius 3 is 2.77 bits per heavy atom. The van der Waals surface area contributed by atoms with Crippen molar-refractivity contribution in [3.63, 3.8) is 0 Å². The number of carbonyl (C=O) groups is 1. The van der Waals surface area contributed by atoms with Crippen LogP contribution >= 0.6 is 11.3 Å². The summed E-state index contributed by atoms with van der Waals surface area (Å²) in [4.78, 5) is 24.1. The highest BCUT2D eigenvalue weighted by atomic mass is 32.2. The number of hydrogen-bond donors (Lipinski definition) is 0. The normalized spacial score (nSPS) is 14.0. The van der Waals surface area contributed by atoms with Crippen LogP contribution in [-0.2, 0) is 16.4 Å². The van der Waals surface area contributed by atoms with Crippen LogP contribution < -0.4 is 4.90 Å². The van der Waals surface area contributed by atoms with Crippen LogP contribution in [0, 0.1) is 6.92 Å². The Kier molecular flexibility index (Phi) is 4.83. The first kappa shape index (κ1) is 21.6. The molecule has 5 aromatic rings. The molecule has 6 rings (SSSR count). The molecular formula is C23H19N7O3S2. The number of carbonyl (C=O) groups excluding carboxylic acids is 1. The number of thiazole rings is 1. The molecule has 10 nitrogen and oxygen atoms in total. The van der Waals surface area contributed by atoms with Gasteiger partial charge in [0.15, 0.2) is 11.5 Å². The van der Waals surface area contributed by atoms with E-state index in [-0.39, 0.29) is 5.91 Å². The van der Waals surface area contributed by atoms with Gasteiger partial charge in [0.1, 0.15) is 0 Å². The molecule has 12 heteroatoms. The molecule has 0 radical (unpaired) electrons. The van der Waals surface area contributed by atoms with Gasteiger partial charge in [-0.05, 0) is 37.6 Å². The highest BCUT2D eigenvalue weighted by Gasteiger charge is 2.34. The molecule has 0 unspecified atom stereocenters. The monoisotopic (exact) mass is 505 g/mol. The van der Waals surface area contributed by atoms with Crippen molar-refractivity contribution in [2.24, 2.45) is 0 Å². The molecule has 1 aliphatic rings. The molecular weight excluding hydrogens is 486 g/mol. The lowest BCUT2D eigenvalue weighted by molar-refractivity contribution is 0.0975. The molecule has 1 aliphatic heterocycles. The van der Waals surface area contributed by atoms with Gasteiger partial charge in [-0.25, -0.2) is 23.1 Å². The first-order chi connectivity index (χ1) is 16.8. The van der Waals surface area contributed by atoms with Crippen LogP contribution in [0.2, 0.25) is 0 Å². The average molecular weight is 506 g/mol. The van der Waals surface area contributed by atoms with Crippen molar-refractivity contribution >= 4 is 43.2 Å². The third-order valence-electron chi connectivity index (χ3n) is 5.91. The average Bonchev–Trinajstić information content (AvgIpc) is 3.56. The zero-order valence-corrected chi connectivity index (χ0v) is 20.4. The second kappa shape index (κ2) is 7.82. The first-order valence-electron chi connectivity index (χ1n) is 10.8. The number of hydrogen-bond acceptors (Lipinski definition) is 8. The van der Waals surface area contributed by atoms with Crippen LogP contribution in [0.3, 0.4) is 0 Å². The van der Waals surface area contributed by atoms with E-state index in [1.54, 1.807) is 21.5 Å². The number of anilines is 1. The van der Waals surface area contributed by atoms with Gasteiger partial charge in [-0.1, -0.05) is 12.1 Å². The molecule has 0 atom stereocenters. The summed E-state index contributed by atoms with van der Waals surface area (Å²) in [5.41, 5.74) is 6.83. The summed E-state index contributed by atoms with van der Waals surface area (Å²) in [5.74, 6) is 0.300. The van der Waals surface area contributed by atoms with Crippen molar-refractivity contribution in [1.29, 1.82) is 0 Å². The minimum absolute atomic E-state index is 0.311. The number of rotatable bonds is 4. The van der Waals surface area contributed by atoms with Gasteiger partial charge in [0.05, 0.1) is 45.8 Å². The summed E-state index contributed by atoms with van der Waals surface area (Å²) in [5, 5.41) is 8.62.